The summed E-state index contributed by atoms with van der Waals surface area (Å²) >= 11 is 0. The number of H-pyrrole nitrogens is 1. The van der Waals surface area contributed by atoms with Crippen LogP contribution in [0.2, 0.25) is 0 Å². The molecule has 3 nitrogen and oxygen atoms in total. The second kappa shape index (κ2) is 6.67. The molecule has 0 radical (unpaired) electrons. The second-order valence-corrected chi connectivity index (χ2v) is 2.95. The molecule has 2 aromatic rings. The van der Waals surface area contributed by atoms with Crippen LogP contribution in [0.15, 0.2) is 30.3 Å². The Hall–Kier alpha value is -1.77. The van der Waals surface area contributed by atoms with Gasteiger partial charge in [-0.3, -0.25) is 5.10 Å². The molecular formula is C13H20N2O. The van der Waals surface area contributed by atoms with Crippen molar-refractivity contribution in [2.75, 3.05) is 0 Å². The number of rotatable bonds is 1. The van der Waals surface area contributed by atoms with Crippen LogP contribution in [0.25, 0.3) is 11.3 Å². The van der Waals surface area contributed by atoms with Crippen molar-refractivity contribution in [3.05, 3.63) is 36.0 Å². The molecule has 2 N–H and O–H groups in total. The molecule has 1 aromatic carbocycles. The van der Waals surface area contributed by atoms with Gasteiger partial charge in [-0.25, -0.2) is 0 Å². The molecule has 0 amide bonds. The number of aromatic amines is 1. The third-order valence-electron chi connectivity index (χ3n) is 1.89. The minimum atomic E-state index is 0. The zero-order valence-corrected chi connectivity index (χ0v) is 9.28. The highest BCUT2D eigenvalue weighted by Crippen LogP contribution is 2.26. The number of hydrogen-bond acceptors (Lipinski definition) is 2. The van der Waals surface area contributed by atoms with Crippen LogP contribution in [0.4, 0.5) is 0 Å². The summed E-state index contributed by atoms with van der Waals surface area (Å²) in [5, 5.41) is 16.4. The molecule has 0 unspecified atom stereocenters. The minimum Gasteiger partial charge on any atom is -0.507 e. The van der Waals surface area contributed by atoms with Gasteiger partial charge in [0.2, 0.25) is 0 Å². The Bertz CT molecular complexity index is 421. The van der Waals surface area contributed by atoms with Gasteiger partial charge in [0.25, 0.3) is 0 Å². The van der Waals surface area contributed by atoms with Crippen molar-refractivity contribution in [2.45, 2.75) is 28.2 Å². The van der Waals surface area contributed by atoms with Gasteiger partial charge in [-0.1, -0.05) is 33.4 Å². The molecule has 0 aliphatic carbocycles. The summed E-state index contributed by atoms with van der Waals surface area (Å²) in [6.07, 6.45) is 0. The largest absolute Gasteiger partial charge is 0.507 e. The zero-order chi connectivity index (χ0) is 11.3. The SMILES string of the molecule is C.CC.Cc1cc(-c2ccccc2O)n[nH]1. The Morgan fingerprint density at radius 2 is 1.81 bits per heavy atom. The molecule has 0 saturated carbocycles. The van der Waals surface area contributed by atoms with Crippen molar-refractivity contribution in [1.82, 2.24) is 10.2 Å². The van der Waals surface area contributed by atoms with E-state index < -0.39 is 0 Å². The van der Waals surface area contributed by atoms with E-state index in [1.54, 1.807) is 12.1 Å². The van der Waals surface area contributed by atoms with Crippen LogP contribution >= 0.6 is 0 Å². The first kappa shape index (κ1) is 14.2. The normalized spacial score (nSPS) is 8.69. The highest BCUT2D eigenvalue weighted by Gasteiger charge is 2.05. The molecular weight excluding hydrogens is 200 g/mol. The van der Waals surface area contributed by atoms with Gasteiger partial charge in [0.1, 0.15) is 5.75 Å². The van der Waals surface area contributed by atoms with Gasteiger partial charge < -0.3 is 5.11 Å². The van der Waals surface area contributed by atoms with Gasteiger partial charge in [0.15, 0.2) is 0 Å². The monoisotopic (exact) mass is 220 g/mol. The molecule has 88 valence electrons. The smallest absolute Gasteiger partial charge is 0.125 e. The second-order valence-electron chi connectivity index (χ2n) is 2.95. The lowest BCUT2D eigenvalue weighted by molar-refractivity contribution is 0.477. The maximum atomic E-state index is 9.52. The maximum absolute atomic E-state index is 9.52. The lowest BCUT2D eigenvalue weighted by Crippen LogP contribution is -1.77. The average Bonchev–Trinajstić information content (AvgIpc) is 2.68. The summed E-state index contributed by atoms with van der Waals surface area (Å²) in [5.41, 5.74) is 2.51. The molecule has 0 aliphatic heterocycles. The van der Waals surface area contributed by atoms with Crippen LogP contribution < -0.4 is 0 Å². The fourth-order valence-electron chi connectivity index (χ4n) is 1.25. The topological polar surface area (TPSA) is 48.9 Å². The Balaban J connectivity index is 0.000000711. The Morgan fingerprint density at radius 1 is 1.19 bits per heavy atom. The molecule has 2 rings (SSSR count). The summed E-state index contributed by atoms with van der Waals surface area (Å²) < 4.78 is 0. The van der Waals surface area contributed by atoms with Crippen LogP contribution in [-0.2, 0) is 0 Å². The first-order valence-corrected chi connectivity index (χ1v) is 5.08. The van der Waals surface area contributed by atoms with Crippen molar-refractivity contribution < 1.29 is 5.11 Å². The standard InChI is InChI=1S/C10H10N2O.C2H6.CH4/c1-7-6-9(12-11-7)8-4-2-3-5-10(8)13;1-2;/h2-6,13H,1H3,(H,11,12);1-2H3;1H4. The Kier molecular flexibility index (Phi) is 5.93. The third kappa shape index (κ3) is 3.12. The van der Waals surface area contributed by atoms with Gasteiger partial charge in [0, 0.05) is 11.3 Å². The van der Waals surface area contributed by atoms with Crippen LogP contribution in [-0.4, -0.2) is 15.3 Å². The molecule has 0 bridgehead atoms. The number of aromatic hydroxyl groups is 1. The van der Waals surface area contributed by atoms with Gasteiger partial charge in [-0.15, -0.1) is 0 Å². The number of benzene rings is 1. The van der Waals surface area contributed by atoms with Crippen molar-refractivity contribution in [3.63, 3.8) is 0 Å². The molecule has 0 aliphatic rings. The van der Waals surface area contributed by atoms with Crippen molar-refractivity contribution in [2.24, 2.45) is 0 Å². The van der Waals surface area contributed by atoms with Crippen LogP contribution in [0.5, 0.6) is 5.75 Å². The number of nitrogens with one attached hydrogen (secondary N) is 1. The average molecular weight is 220 g/mol. The number of para-hydroxylation sites is 1. The number of nitrogens with zero attached hydrogens (tertiary/aromatic N) is 1. The Morgan fingerprint density at radius 3 is 2.31 bits per heavy atom. The molecule has 1 heterocycles. The summed E-state index contributed by atoms with van der Waals surface area (Å²) in [4.78, 5) is 0. The van der Waals surface area contributed by atoms with E-state index in [0.717, 1.165) is 17.0 Å². The first-order valence-electron chi connectivity index (χ1n) is 5.08. The third-order valence-corrected chi connectivity index (χ3v) is 1.89. The summed E-state index contributed by atoms with van der Waals surface area (Å²) in [6, 6.07) is 9.05. The van der Waals surface area contributed by atoms with Gasteiger partial charge in [0.05, 0.1) is 5.69 Å². The molecule has 0 spiro atoms. The zero-order valence-electron chi connectivity index (χ0n) is 9.28. The van der Waals surface area contributed by atoms with E-state index in [1.807, 2.05) is 39.0 Å². The van der Waals surface area contributed by atoms with E-state index in [4.69, 9.17) is 0 Å². The van der Waals surface area contributed by atoms with E-state index in [-0.39, 0.29) is 13.2 Å². The molecule has 3 heteroatoms. The fraction of sp³-hybridized carbons (Fsp3) is 0.308. The van der Waals surface area contributed by atoms with E-state index in [0.29, 0.717) is 0 Å². The number of phenols is 1. The highest BCUT2D eigenvalue weighted by molar-refractivity contribution is 5.66. The van der Waals surface area contributed by atoms with E-state index in [1.165, 1.54) is 0 Å². The van der Waals surface area contributed by atoms with Gasteiger partial charge in [-0.05, 0) is 25.1 Å². The van der Waals surface area contributed by atoms with E-state index >= 15 is 0 Å². The van der Waals surface area contributed by atoms with Crippen molar-refractivity contribution >= 4 is 0 Å². The van der Waals surface area contributed by atoms with E-state index in [9.17, 15) is 5.11 Å². The molecule has 0 saturated heterocycles. The quantitative estimate of drug-likeness (QED) is 0.768. The summed E-state index contributed by atoms with van der Waals surface area (Å²) in [7, 11) is 0. The molecule has 16 heavy (non-hydrogen) atoms. The lowest BCUT2D eigenvalue weighted by atomic mass is 10.1. The maximum Gasteiger partial charge on any atom is 0.125 e. The first-order chi connectivity index (χ1) is 7.27. The number of hydrogen-bond donors (Lipinski definition) is 2. The van der Waals surface area contributed by atoms with Gasteiger partial charge in [-0.2, -0.15) is 5.10 Å². The lowest BCUT2D eigenvalue weighted by Gasteiger charge is -1.98. The minimum absolute atomic E-state index is 0. The highest BCUT2D eigenvalue weighted by atomic mass is 16.3. The molecule has 1 aromatic heterocycles. The van der Waals surface area contributed by atoms with Crippen molar-refractivity contribution in [1.29, 1.82) is 0 Å². The number of aromatic nitrogens is 2. The summed E-state index contributed by atoms with van der Waals surface area (Å²) in [5.74, 6) is 0.258. The van der Waals surface area contributed by atoms with Crippen LogP contribution in [0.1, 0.15) is 27.0 Å². The fourth-order valence-corrected chi connectivity index (χ4v) is 1.25. The van der Waals surface area contributed by atoms with Crippen LogP contribution in [0.3, 0.4) is 0 Å². The summed E-state index contributed by atoms with van der Waals surface area (Å²) in [6.45, 7) is 5.93. The molecule has 0 atom stereocenters. The predicted octanol–water partition coefficient (Wildman–Crippen LogP) is 3.75. The van der Waals surface area contributed by atoms with Crippen LogP contribution in [0, 0.1) is 6.92 Å². The molecule has 0 fully saturated rings. The number of aryl methyl sites for hydroxylation is 1. The Labute approximate surface area is 97.2 Å². The predicted molar refractivity (Wildman–Crippen MR) is 68.5 cm³/mol. The van der Waals surface area contributed by atoms with Gasteiger partial charge >= 0.3 is 0 Å². The number of phenolic OH excluding ortho intramolecular Hbond substituents is 1. The van der Waals surface area contributed by atoms with E-state index in [2.05, 4.69) is 10.2 Å². The van der Waals surface area contributed by atoms with Crippen molar-refractivity contribution in [3.8, 4) is 17.0 Å².